The largest absolute Gasteiger partial charge is 0.476 e. The van der Waals surface area contributed by atoms with Crippen molar-refractivity contribution < 1.29 is 14.6 Å². The predicted octanol–water partition coefficient (Wildman–Crippen LogP) is 1.50. The van der Waals surface area contributed by atoms with Gasteiger partial charge in [-0.1, -0.05) is 6.42 Å². The van der Waals surface area contributed by atoms with Crippen LogP contribution in [0.2, 0.25) is 0 Å². The Balaban J connectivity index is 1.71. The van der Waals surface area contributed by atoms with Crippen molar-refractivity contribution >= 4 is 17.3 Å². The summed E-state index contributed by atoms with van der Waals surface area (Å²) in [5.74, 6) is -0.977. The highest BCUT2D eigenvalue weighted by atomic mass is 32.1. The van der Waals surface area contributed by atoms with Crippen molar-refractivity contribution in [1.82, 2.24) is 10.3 Å². The molecule has 5 nitrogen and oxygen atoms in total. The van der Waals surface area contributed by atoms with Crippen molar-refractivity contribution in [3.63, 3.8) is 0 Å². The van der Waals surface area contributed by atoms with E-state index in [1.54, 1.807) is 5.38 Å². The number of carboxylic acids is 1. The van der Waals surface area contributed by atoms with Gasteiger partial charge in [0.2, 0.25) is 5.01 Å². The van der Waals surface area contributed by atoms with Crippen molar-refractivity contribution in [3.8, 4) is 0 Å². The molecule has 1 atom stereocenters. The second kappa shape index (κ2) is 6.09. The second-order valence-electron chi connectivity index (χ2n) is 4.11. The fourth-order valence-corrected chi connectivity index (χ4v) is 2.48. The first-order valence-corrected chi connectivity index (χ1v) is 6.62. The third-order valence-corrected chi connectivity index (χ3v) is 3.60. The lowest BCUT2D eigenvalue weighted by Gasteiger charge is -2.22. The molecule has 1 unspecified atom stereocenters. The van der Waals surface area contributed by atoms with Gasteiger partial charge < -0.3 is 15.2 Å². The van der Waals surface area contributed by atoms with Crippen LogP contribution >= 0.6 is 11.3 Å². The van der Waals surface area contributed by atoms with E-state index in [-0.39, 0.29) is 5.01 Å². The predicted molar refractivity (Wildman–Crippen MR) is 64.4 cm³/mol. The first kappa shape index (κ1) is 12.5. The number of piperidine rings is 1. The van der Waals surface area contributed by atoms with E-state index in [0.29, 0.717) is 24.9 Å². The van der Waals surface area contributed by atoms with Gasteiger partial charge in [0.25, 0.3) is 0 Å². The van der Waals surface area contributed by atoms with Crippen LogP contribution in [-0.4, -0.2) is 35.3 Å². The van der Waals surface area contributed by atoms with Crippen LogP contribution in [0, 0.1) is 0 Å². The van der Waals surface area contributed by atoms with Crippen LogP contribution in [0.3, 0.4) is 0 Å². The molecule has 1 aliphatic rings. The SMILES string of the molecule is O=C(O)c1nc(COCC2CCCCN2)cs1. The molecule has 0 spiro atoms. The van der Waals surface area contributed by atoms with Gasteiger partial charge in [-0.3, -0.25) is 0 Å². The number of ether oxygens (including phenoxy) is 1. The Morgan fingerprint density at radius 1 is 1.65 bits per heavy atom. The Morgan fingerprint density at radius 3 is 3.18 bits per heavy atom. The molecule has 1 aromatic rings. The Bertz CT molecular complexity index is 375. The quantitative estimate of drug-likeness (QED) is 0.835. The maximum Gasteiger partial charge on any atom is 0.365 e. The summed E-state index contributed by atoms with van der Waals surface area (Å²) in [5, 5.41) is 14.0. The van der Waals surface area contributed by atoms with Gasteiger partial charge in [-0.25, -0.2) is 9.78 Å². The van der Waals surface area contributed by atoms with Crippen molar-refractivity contribution in [2.45, 2.75) is 31.9 Å². The smallest absolute Gasteiger partial charge is 0.365 e. The van der Waals surface area contributed by atoms with Crippen LogP contribution in [-0.2, 0) is 11.3 Å². The summed E-state index contributed by atoms with van der Waals surface area (Å²) in [6.07, 6.45) is 3.64. The molecule has 6 heteroatoms. The summed E-state index contributed by atoms with van der Waals surface area (Å²) in [5.41, 5.74) is 0.697. The Labute approximate surface area is 104 Å². The minimum absolute atomic E-state index is 0.124. The average molecular weight is 256 g/mol. The first-order chi connectivity index (χ1) is 8.25. The minimum Gasteiger partial charge on any atom is -0.476 e. The first-order valence-electron chi connectivity index (χ1n) is 5.74. The van der Waals surface area contributed by atoms with Crippen molar-refractivity contribution in [1.29, 1.82) is 0 Å². The summed E-state index contributed by atoms with van der Waals surface area (Å²) >= 11 is 1.14. The van der Waals surface area contributed by atoms with Gasteiger partial charge >= 0.3 is 5.97 Å². The van der Waals surface area contributed by atoms with E-state index in [0.717, 1.165) is 24.3 Å². The molecule has 2 N–H and O–H groups in total. The fraction of sp³-hybridized carbons (Fsp3) is 0.636. The normalized spacial score (nSPS) is 20.4. The molecular weight excluding hydrogens is 240 g/mol. The van der Waals surface area contributed by atoms with E-state index in [1.807, 2.05) is 0 Å². The van der Waals surface area contributed by atoms with Gasteiger partial charge in [0.05, 0.1) is 18.9 Å². The summed E-state index contributed by atoms with van der Waals surface area (Å²) in [7, 11) is 0. The number of carboxylic acid groups (broad SMARTS) is 1. The van der Waals surface area contributed by atoms with E-state index in [4.69, 9.17) is 9.84 Å². The number of rotatable bonds is 5. The molecule has 0 aliphatic carbocycles. The molecule has 1 fully saturated rings. The maximum absolute atomic E-state index is 10.6. The van der Waals surface area contributed by atoms with Gasteiger partial charge in [0.1, 0.15) is 0 Å². The van der Waals surface area contributed by atoms with Gasteiger partial charge in [0.15, 0.2) is 0 Å². The van der Waals surface area contributed by atoms with Gasteiger partial charge in [-0.05, 0) is 19.4 Å². The number of nitrogens with zero attached hydrogens (tertiary/aromatic N) is 1. The standard InChI is InChI=1S/C11H16N2O3S/c14-11(15)10-13-9(7-17-10)6-16-5-8-3-1-2-4-12-8/h7-8,12H,1-6H2,(H,14,15). The molecule has 0 radical (unpaired) electrons. The summed E-state index contributed by atoms with van der Waals surface area (Å²) in [4.78, 5) is 14.6. The summed E-state index contributed by atoms with van der Waals surface area (Å²) in [6, 6.07) is 0.432. The molecular formula is C11H16N2O3S. The number of thiazole rings is 1. The van der Waals surface area contributed by atoms with E-state index >= 15 is 0 Å². The summed E-state index contributed by atoms with van der Waals surface area (Å²) < 4.78 is 5.54. The van der Waals surface area contributed by atoms with E-state index in [2.05, 4.69) is 10.3 Å². The van der Waals surface area contributed by atoms with E-state index in [9.17, 15) is 4.79 Å². The highest BCUT2D eigenvalue weighted by Crippen LogP contribution is 2.12. The Hall–Kier alpha value is -0.980. The molecule has 2 rings (SSSR count). The lowest BCUT2D eigenvalue weighted by atomic mass is 10.1. The summed E-state index contributed by atoms with van der Waals surface area (Å²) in [6.45, 7) is 2.12. The number of carbonyl (C=O) groups is 1. The van der Waals surface area contributed by atoms with Gasteiger partial charge in [-0.2, -0.15) is 0 Å². The third-order valence-electron chi connectivity index (χ3n) is 2.72. The van der Waals surface area contributed by atoms with Crippen LogP contribution in [0.5, 0.6) is 0 Å². The van der Waals surface area contributed by atoms with Crippen LogP contribution in [0.1, 0.15) is 34.8 Å². The molecule has 17 heavy (non-hydrogen) atoms. The highest BCUT2D eigenvalue weighted by Gasteiger charge is 2.13. The van der Waals surface area contributed by atoms with Crippen LogP contribution in [0.15, 0.2) is 5.38 Å². The zero-order chi connectivity index (χ0) is 12.1. The van der Waals surface area contributed by atoms with Crippen LogP contribution < -0.4 is 5.32 Å². The Morgan fingerprint density at radius 2 is 2.53 bits per heavy atom. The molecule has 0 aromatic carbocycles. The molecule has 0 saturated carbocycles. The molecule has 0 bridgehead atoms. The molecule has 94 valence electrons. The molecule has 2 heterocycles. The van der Waals surface area contributed by atoms with Crippen molar-refractivity contribution in [2.75, 3.05) is 13.2 Å². The molecule has 1 saturated heterocycles. The molecule has 1 aliphatic heterocycles. The van der Waals surface area contributed by atoms with Gasteiger partial charge in [0, 0.05) is 11.4 Å². The lowest BCUT2D eigenvalue weighted by Crippen LogP contribution is -2.37. The third kappa shape index (κ3) is 3.76. The number of aromatic nitrogens is 1. The Kier molecular flexibility index (Phi) is 4.47. The van der Waals surface area contributed by atoms with Crippen molar-refractivity contribution in [3.05, 3.63) is 16.1 Å². The number of hydrogen-bond donors (Lipinski definition) is 2. The average Bonchev–Trinajstić information content (AvgIpc) is 2.79. The number of hydrogen-bond acceptors (Lipinski definition) is 5. The topological polar surface area (TPSA) is 71.5 Å². The number of aromatic carboxylic acids is 1. The van der Waals surface area contributed by atoms with Crippen molar-refractivity contribution in [2.24, 2.45) is 0 Å². The zero-order valence-corrected chi connectivity index (χ0v) is 10.3. The zero-order valence-electron chi connectivity index (χ0n) is 9.52. The minimum atomic E-state index is -0.977. The molecule has 1 aromatic heterocycles. The van der Waals surface area contributed by atoms with E-state index in [1.165, 1.54) is 12.8 Å². The fourth-order valence-electron chi connectivity index (χ4n) is 1.84. The number of nitrogens with one attached hydrogen (secondary N) is 1. The van der Waals surface area contributed by atoms with Crippen LogP contribution in [0.25, 0.3) is 0 Å². The molecule has 0 amide bonds. The monoisotopic (exact) mass is 256 g/mol. The lowest BCUT2D eigenvalue weighted by molar-refractivity contribution is 0.0693. The van der Waals surface area contributed by atoms with Gasteiger partial charge in [-0.15, -0.1) is 11.3 Å². The highest BCUT2D eigenvalue weighted by molar-refractivity contribution is 7.11. The second-order valence-corrected chi connectivity index (χ2v) is 4.97. The van der Waals surface area contributed by atoms with Crippen LogP contribution in [0.4, 0.5) is 0 Å². The maximum atomic E-state index is 10.6. The van der Waals surface area contributed by atoms with E-state index < -0.39 is 5.97 Å².